The molecular weight excluding hydrogens is 372 g/mol. The molecule has 1 aliphatic rings. The summed E-state index contributed by atoms with van der Waals surface area (Å²) in [6.07, 6.45) is 3.08. The Bertz CT molecular complexity index is 960. The molecule has 3 aromatic rings. The van der Waals surface area contributed by atoms with E-state index in [9.17, 15) is 4.79 Å². The number of hydrogen-bond acceptors (Lipinski definition) is 3. The topological polar surface area (TPSA) is 46.3 Å². The van der Waals surface area contributed by atoms with Crippen LogP contribution in [0.2, 0.25) is 5.02 Å². The predicted octanol–water partition coefficient (Wildman–Crippen LogP) is 5.40. The zero-order valence-corrected chi connectivity index (χ0v) is 16.7. The molecule has 144 valence electrons. The van der Waals surface area contributed by atoms with Crippen LogP contribution in [0.5, 0.6) is 0 Å². The first-order valence-electron chi connectivity index (χ1n) is 9.68. The molecule has 0 N–H and O–H groups in total. The second kappa shape index (κ2) is 8.19. The van der Waals surface area contributed by atoms with Gasteiger partial charge in [0, 0.05) is 18.7 Å². The summed E-state index contributed by atoms with van der Waals surface area (Å²) in [5.74, 6) is 1.05. The van der Waals surface area contributed by atoms with E-state index in [0.29, 0.717) is 33.5 Å². The number of nitrogens with zero attached hydrogens (tertiary/aromatic N) is 2. The third kappa shape index (κ3) is 3.83. The van der Waals surface area contributed by atoms with Crippen LogP contribution in [0.4, 0.5) is 0 Å². The van der Waals surface area contributed by atoms with Crippen LogP contribution in [0.25, 0.3) is 11.3 Å². The minimum atomic E-state index is -0.0215. The Morgan fingerprint density at radius 3 is 2.50 bits per heavy atom. The molecule has 4 rings (SSSR count). The van der Waals surface area contributed by atoms with Gasteiger partial charge < -0.3 is 9.42 Å². The fraction of sp³-hybridized carbons (Fsp3) is 0.304. The second-order valence-electron chi connectivity index (χ2n) is 7.38. The average Bonchev–Trinajstić information content (AvgIpc) is 3.10. The van der Waals surface area contributed by atoms with Crippen molar-refractivity contribution in [1.82, 2.24) is 10.1 Å². The van der Waals surface area contributed by atoms with Gasteiger partial charge in [-0.25, -0.2) is 0 Å². The maximum absolute atomic E-state index is 13.2. The van der Waals surface area contributed by atoms with Crippen molar-refractivity contribution in [3.63, 3.8) is 0 Å². The summed E-state index contributed by atoms with van der Waals surface area (Å²) in [5, 5.41) is 4.59. The van der Waals surface area contributed by atoms with Crippen LogP contribution in [0.1, 0.15) is 34.5 Å². The monoisotopic (exact) mass is 394 g/mol. The van der Waals surface area contributed by atoms with Crippen molar-refractivity contribution in [2.45, 2.75) is 26.2 Å². The fourth-order valence-electron chi connectivity index (χ4n) is 3.90. The van der Waals surface area contributed by atoms with E-state index in [1.54, 1.807) is 13.0 Å². The van der Waals surface area contributed by atoms with Gasteiger partial charge in [0.25, 0.3) is 5.91 Å². The maximum Gasteiger partial charge on any atom is 0.259 e. The van der Waals surface area contributed by atoms with Gasteiger partial charge in [-0.15, -0.1) is 0 Å². The molecule has 0 unspecified atom stereocenters. The predicted molar refractivity (Wildman–Crippen MR) is 110 cm³/mol. The Kier molecular flexibility index (Phi) is 5.49. The summed E-state index contributed by atoms with van der Waals surface area (Å²) in [6.45, 7) is 3.31. The molecule has 0 saturated carbocycles. The van der Waals surface area contributed by atoms with E-state index in [1.807, 2.05) is 29.2 Å². The molecule has 0 aliphatic carbocycles. The highest BCUT2D eigenvalue weighted by Crippen LogP contribution is 2.33. The van der Waals surface area contributed by atoms with Crippen LogP contribution in [0, 0.1) is 12.8 Å². The first-order chi connectivity index (χ1) is 13.6. The van der Waals surface area contributed by atoms with E-state index >= 15 is 0 Å². The number of halogens is 1. The lowest BCUT2D eigenvalue weighted by Gasteiger charge is -2.32. The van der Waals surface area contributed by atoms with Gasteiger partial charge in [-0.2, -0.15) is 0 Å². The van der Waals surface area contributed by atoms with Gasteiger partial charge in [-0.1, -0.05) is 59.2 Å². The summed E-state index contributed by atoms with van der Waals surface area (Å²) in [5.41, 5.74) is 3.19. The van der Waals surface area contributed by atoms with Gasteiger partial charge in [0.1, 0.15) is 5.56 Å². The molecule has 2 aromatic carbocycles. The van der Waals surface area contributed by atoms with Crippen molar-refractivity contribution in [1.29, 1.82) is 0 Å². The van der Waals surface area contributed by atoms with Crippen molar-refractivity contribution >= 4 is 17.5 Å². The molecule has 4 nitrogen and oxygen atoms in total. The van der Waals surface area contributed by atoms with E-state index in [0.717, 1.165) is 32.4 Å². The van der Waals surface area contributed by atoms with Crippen molar-refractivity contribution < 1.29 is 9.32 Å². The van der Waals surface area contributed by atoms with Crippen LogP contribution in [0.15, 0.2) is 59.1 Å². The number of piperidine rings is 1. The highest BCUT2D eigenvalue weighted by Gasteiger charge is 2.30. The zero-order chi connectivity index (χ0) is 19.5. The molecule has 2 heterocycles. The van der Waals surface area contributed by atoms with Crippen molar-refractivity contribution in [3.05, 3.63) is 76.4 Å². The van der Waals surface area contributed by atoms with Gasteiger partial charge in [-0.05, 0) is 49.8 Å². The van der Waals surface area contributed by atoms with E-state index < -0.39 is 0 Å². The molecule has 0 atom stereocenters. The standard InChI is InChI=1S/C23H23ClN2O2/c1-16-21(22(28-25-16)19-9-5-6-10-20(19)24)23(27)26-13-11-18(12-14-26)15-17-7-3-2-4-8-17/h2-10,18H,11-15H2,1H3. The van der Waals surface area contributed by atoms with Gasteiger partial charge in [0.05, 0.1) is 10.7 Å². The third-order valence-electron chi connectivity index (χ3n) is 5.46. The first kappa shape index (κ1) is 18.8. The van der Waals surface area contributed by atoms with Gasteiger partial charge >= 0.3 is 0 Å². The number of hydrogen-bond donors (Lipinski definition) is 0. The number of likely N-dealkylation sites (tertiary alicyclic amines) is 1. The van der Waals surface area contributed by atoms with E-state index in [4.69, 9.17) is 16.1 Å². The van der Waals surface area contributed by atoms with Crippen molar-refractivity contribution in [2.75, 3.05) is 13.1 Å². The van der Waals surface area contributed by atoms with Crippen LogP contribution >= 0.6 is 11.6 Å². The normalized spacial score (nSPS) is 15.0. The first-order valence-corrected chi connectivity index (χ1v) is 10.1. The molecule has 28 heavy (non-hydrogen) atoms. The Labute approximate surface area is 170 Å². The molecule has 1 aromatic heterocycles. The Morgan fingerprint density at radius 2 is 1.79 bits per heavy atom. The van der Waals surface area contributed by atoms with Crippen LogP contribution in [-0.2, 0) is 6.42 Å². The number of aromatic nitrogens is 1. The molecule has 1 amide bonds. The number of benzene rings is 2. The van der Waals surface area contributed by atoms with Crippen LogP contribution in [0.3, 0.4) is 0 Å². The summed E-state index contributed by atoms with van der Waals surface area (Å²) in [7, 11) is 0. The number of carbonyl (C=O) groups is 1. The molecule has 5 heteroatoms. The largest absolute Gasteiger partial charge is 0.355 e. The van der Waals surface area contributed by atoms with Gasteiger partial charge in [0.2, 0.25) is 0 Å². The highest BCUT2D eigenvalue weighted by molar-refractivity contribution is 6.33. The quantitative estimate of drug-likeness (QED) is 0.595. The van der Waals surface area contributed by atoms with Crippen LogP contribution < -0.4 is 0 Å². The number of aryl methyl sites for hydroxylation is 1. The number of carbonyl (C=O) groups excluding carboxylic acids is 1. The summed E-state index contributed by atoms with van der Waals surface area (Å²) in [6, 6.07) is 17.9. The van der Waals surface area contributed by atoms with E-state index in [1.165, 1.54) is 5.56 Å². The maximum atomic E-state index is 13.2. The minimum absolute atomic E-state index is 0.0215. The van der Waals surface area contributed by atoms with E-state index in [-0.39, 0.29) is 5.91 Å². The summed E-state index contributed by atoms with van der Waals surface area (Å²) in [4.78, 5) is 15.2. The molecule has 1 saturated heterocycles. The highest BCUT2D eigenvalue weighted by atomic mass is 35.5. The Hall–Kier alpha value is -2.59. The van der Waals surface area contributed by atoms with Crippen molar-refractivity contribution in [2.24, 2.45) is 5.92 Å². The number of rotatable bonds is 4. The molecule has 1 fully saturated rings. The summed E-state index contributed by atoms with van der Waals surface area (Å²) < 4.78 is 5.49. The lowest BCUT2D eigenvalue weighted by atomic mass is 9.90. The third-order valence-corrected chi connectivity index (χ3v) is 5.79. The molecule has 0 spiro atoms. The average molecular weight is 395 g/mol. The molecule has 1 aliphatic heterocycles. The Morgan fingerprint density at radius 1 is 1.11 bits per heavy atom. The second-order valence-corrected chi connectivity index (χ2v) is 7.78. The molecule has 0 bridgehead atoms. The van der Waals surface area contributed by atoms with Crippen LogP contribution in [-0.4, -0.2) is 29.1 Å². The lowest BCUT2D eigenvalue weighted by molar-refractivity contribution is 0.0690. The zero-order valence-electron chi connectivity index (χ0n) is 15.9. The Balaban J connectivity index is 1.48. The molecular formula is C23H23ClN2O2. The van der Waals surface area contributed by atoms with Gasteiger partial charge in [0.15, 0.2) is 5.76 Å². The summed E-state index contributed by atoms with van der Waals surface area (Å²) >= 11 is 6.31. The van der Waals surface area contributed by atoms with E-state index in [2.05, 4.69) is 29.4 Å². The number of amides is 1. The fourth-order valence-corrected chi connectivity index (χ4v) is 4.12. The smallest absolute Gasteiger partial charge is 0.259 e. The molecule has 0 radical (unpaired) electrons. The van der Waals surface area contributed by atoms with Gasteiger partial charge in [-0.3, -0.25) is 4.79 Å². The SMILES string of the molecule is Cc1noc(-c2ccccc2Cl)c1C(=O)N1CCC(Cc2ccccc2)CC1. The lowest BCUT2D eigenvalue weighted by Crippen LogP contribution is -2.39. The minimum Gasteiger partial charge on any atom is -0.355 e. The van der Waals surface area contributed by atoms with Crippen molar-refractivity contribution in [3.8, 4) is 11.3 Å².